The van der Waals surface area contributed by atoms with Crippen LogP contribution in [-0.4, -0.2) is 43.0 Å². The largest absolute Gasteiger partial charge is 0.433 e. The fourth-order valence-electron chi connectivity index (χ4n) is 3.00. The van der Waals surface area contributed by atoms with Crippen LogP contribution >= 0.6 is 0 Å². The Labute approximate surface area is 137 Å². The molecule has 0 aromatic carbocycles. The lowest BCUT2D eigenvalue weighted by Crippen LogP contribution is -2.23. The molecule has 0 amide bonds. The van der Waals surface area contributed by atoms with Crippen molar-refractivity contribution < 1.29 is 13.2 Å². The standard InChI is InChI=1S/C15H19F3N6/c1-3-24-12(10(2)21-22-24)9-23-7-5-11(8-23)14-19-6-4-13(20-14)15(16,17)18/h4,6,11H,3,5,7-9H2,1-2H3. The van der Waals surface area contributed by atoms with Crippen molar-refractivity contribution in [1.82, 2.24) is 29.9 Å². The molecule has 1 atom stereocenters. The molecule has 0 spiro atoms. The average molecular weight is 340 g/mol. The predicted octanol–water partition coefficient (Wildman–Crippen LogP) is 2.40. The number of hydrogen-bond donors (Lipinski definition) is 0. The first kappa shape index (κ1) is 16.8. The average Bonchev–Trinajstić information content (AvgIpc) is 3.15. The molecule has 0 radical (unpaired) electrons. The van der Waals surface area contributed by atoms with E-state index >= 15 is 0 Å². The second-order valence-corrected chi connectivity index (χ2v) is 5.96. The van der Waals surface area contributed by atoms with Crippen molar-refractivity contribution in [2.45, 2.75) is 45.5 Å². The zero-order valence-corrected chi connectivity index (χ0v) is 13.6. The molecule has 2 aromatic rings. The number of aromatic nitrogens is 5. The van der Waals surface area contributed by atoms with Gasteiger partial charge in [0.1, 0.15) is 11.5 Å². The fraction of sp³-hybridized carbons (Fsp3) is 0.600. The second-order valence-electron chi connectivity index (χ2n) is 5.96. The van der Waals surface area contributed by atoms with Gasteiger partial charge in [-0.05, 0) is 32.9 Å². The van der Waals surface area contributed by atoms with E-state index in [4.69, 9.17) is 0 Å². The Hall–Kier alpha value is -2.03. The van der Waals surface area contributed by atoms with Crippen molar-refractivity contribution >= 4 is 0 Å². The molecule has 3 rings (SSSR count). The van der Waals surface area contributed by atoms with Crippen molar-refractivity contribution in [3.05, 3.63) is 35.2 Å². The van der Waals surface area contributed by atoms with Crippen LogP contribution in [0.15, 0.2) is 12.3 Å². The quantitative estimate of drug-likeness (QED) is 0.855. The highest BCUT2D eigenvalue weighted by Crippen LogP contribution is 2.30. The highest BCUT2D eigenvalue weighted by Gasteiger charge is 2.34. The van der Waals surface area contributed by atoms with E-state index < -0.39 is 11.9 Å². The molecule has 2 aromatic heterocycles. The van der Waals surface area contributed by atoms with E-state index in [0.717, 1.165) is 37.0 Å². The first-order chi connectivity index (χ1) is 11.4. The maximum absolute atomic E-state index is 12.8. The fourth-order valence-corrected chi connectivity index (χ4v) is 3.00. The monoisotopic (exact) mass is 340 g/mol. The predicted molar refractivity (Wildman–Crippen MR) is 80.1 cm³/mol. The van der Waals surface area contributed by atoms with Gasteiger partial charge in [0.15, 0.2) is 0 Å². The lowest BCUT2D eigenvalue weighted by molar-refractivity contribution is -0.141. The summed E-state index contributed by atoms with van der Waals surface area (Å²) >= 11 is 0. The van der Waals surface area contributed by atoms with Gasteiger partial charge in [-0.1, -0.05) is 5.21 Å². The minimum atomic E-state index is -4.44. The smallest absolute Gasteiger partial charge is 0.297 e. The van der Waals surface area contributed by atoms with Crippen LogP contribution in [0.2, 0.25) is 0 Å². The van der Waals surface area contributed by atoms with Crippen LogP contribution in [-0.2, 0) is 19.3 Å². The molecule has 0 bridgehead atoms. The number of nitrogens with zero attached hydrogens (tertiary/aromatic N) is 6. The van der Waals surface area contributed by atoms with E-state index in [1.807, 2.05) is 18.5 Å². The Morgan fingerprint density at radius 2 is 2.12 bits per heavy atom. The molecule has 24 heavy (non-hydrogen) atoms. The van der Waals surface area contributed by atoms with E-state index in [1.165, 1.54) is 6.20 Å². The Morgan fingerprint density at radius 3 is 2.83 bits per heavy atom. The molecule has 0 aliphatic carbocycles. The molecule has 9 heteroatoms. The van der Waals surface area contributed by atoms with Gasteiger partial charge in [0.05, 0.1) is 11.4 Å². The Morgan fingerprint density at radius 1 is 1.33 bits per heavy atom. The summed E-state index contributed by atoms with van der Waals surface area (Å²) in [6, 6.07) is 0.908. The first-order valence-electron chi connectivity index (χ1n) is 7.90. The summed E-state index contributed by atoms with van der Waals surface area (Å²) in [5.74, 6) is 0.185. The van der Waals surface area contributed by atoms with Gasteiger partial charge in [0.2, 0.25) is 0 Å². The van der Waals surface area contributed by atoms with Crippen LogP contribution < -0.4 is 0 Å². The number of aryl methyl sites for hydroxylation is 2. The minimum absolute atomic E-state index is 0.0847. The molecule has 0 saturated carbocycles. The third kappa shape index (κ3) is 3.40. The Kier molecular flexibility index (Phi) is 4.53. The third-order valence-electron chi connectivity index (χ3n) is 4.31. The topological polar surface area (TPSA) is 59.7 Å². The summed E-state index contributed by atoms with van der Waals surface area (Å²) in [7, 11) is 0. The SMILES string of the molecule is CCn1nnc(C)c1CN1CCC(c2nccc(C(F)(F)F)n2)C1. The first-order valence-corrected chi connectivity index (χ1v) is 7.90. The molecule has 1 fully saturated rings. The summed E-state index contributed by atoms with van der Waals surface area (Å²) in [5, 5.41) is 8.16. The number of alkyl halides is 3. The number of hydrogen-bond acceptors (Lipinski definition) is 5. The van der Waals surface area contributed by atoms with Crippen molar-refractivity contribution in [2.75, 3.05) is 13.1 Å². The van der Waals surface area contributed by atoms with E-state index in [9.17, 15) is 13.2 Å². The summed E-state index contributed by atoms with van der Waals surface area (Å²) in [5.41, 5.74) is 1.05. The number of halogens is 3. The highest BCUT2D eigenvalue weighted by molar-refractivity contribution is 5.12. The lowest BCUT2D eigenvalue weighted by atomic mass is 10.1. The summed E-state index contributed by atoms with van der Waals surface area (Å²) < 4.78 is 40.2. The van der Waals surface area contributed by atoms with Gasteiger partial charge >= 0.3 is 6.18 Å². The number of rotatable bonds is 4. The Balaban J connectivity index is 1.71. The molecule has 1 aliphatic heterocycles. The molecule has 0 N–H and O–H groups in total. The van der Waals surface area contributed by atoms with Crippen LogP contribution in [0.5, 0.6) is 0 Å². The zero-order valence-electron chi connectivity index (χ0n) is 13.6. The highest BCUT2D eigenvalue weighted by atomic mass is 19.4. The maximum atomic E-state index is 12.8. The molecule has 6 nitrogen and oxygen atoms in total. The van der Waals surface area contributed by atoms with Gasteiger partial charge < -0.3 is 0 Å². The molecule has 3 heterocycles. The van der Waals surface area contributed by atoms with Crippen molar-refractivity contribution in [2.24, 2.45) is 0 Å². The summed E-state index contributed by atoms with van der Waals surface area (Å²) in [4.78, 5) is 9.95. The van der Waals surface area contributed by atoms with Crippen LogP contribution in [0.4, 0.5) is 13.2 Å². The van der Waals surface area contributed by atoms with Crippen LogP contribution in [0, 0.1) is 6.92 Å². The van der Waals surface area contributed by atoms with Gasteiger partial charge in [-0.25, -0.2) is 14.6 Å². The van der Waals surface area contributed by atoms with Crippen LogP contribution in [0.3, 0.4) is 0 Å². The van der Waals surface area contributed by atoms with Crippen molar-refractivity contribution in [3.8, 4) is 0 Å². The molecular weight excluding hydrogens is 321 g/mol. The summed E-state index contributed by atoms with van der Waals surface area (Å²) in [6.07, 6.45) is -2.51. The molecule has 130 valence electrons. The lowest BCUT2D eigenvalue weighted by Gasteiger charge is -2.16. The van der Waals surface area contributed by atoms with Crippen LogP contribution in [0.1, 0.15) is 42.2 Å². The minimum Gasteiger partial charge on any atom is -0.297 e. The van der Waals surface area contributed by atoms with Crippen LogP contribution in [0.25, 0.3) is 0 Å². The number of likely N-dealkylation sites (tertiary alicyclic amines) is 1. The maximum Gasteiger partial charge on any atom is 0.433 e. The molecule has 1 aliphatic rings. The Bertz CT molecular complexity index is 711. The van der Waals surface area contributed by atoms with E-state index in [1.54, 1.807) is 0 Å². The molecule has 1 unspecified atom stereocenters. The normalized spacial score (nSPS) is 19.1. The van der Waals surface area contributed by atoms with Gasteiger partial charge in [-0.15, -0.1) is 5.10 Å². The van der Waals surface area contributed by atoms with Gasteiger partial charge in [0.25, 0.3) is 0 Å². The van der Waals surface area contributed by atoms with Gasteiger partial charge in [-0.3, -0.25) is 4.90 Å². The molecule has 1 saturated heterocycles. The van der Waals surface area contributed by atoms with Gasteiger partial charge in [-0.2, -0.15) is 13.2 Å². The van der Waals surface area contributed by atoms with Gasteiger partial charge in [0, 0.05) is 31.7 Å². The van der Waals surface area contributed by atoms with E-state index in [2.05, 4.69) is 25.2 Å². The molecular formula is C15H19F3N6. The second kappa shape index (κ2) is 6.46. The third-order valence-corrected chi connectivity index (χ3v) is 4.31. The van der Waals surface area contributed by atoms with Crippen molar-refractivity contribution in [1.29, 1.82) is 0 Å². The summed E-state index contributed by atoms with van der Waals surface area (Å²) in [6.45, 7) is 6.76. The zero-order chi connectivity index (χ0) is 17.3. The van der Waals surface area contributed by atoms with E-state index in [-0.39, 0.29) is 11.7 Å². The van der Waals surface area contributed by atoms with E-state index in [0.29, 0.717) is 13.1 Å². The van der Waals surface area contributed by atoms with Crippen molar-refractivity contribution in [3.63, 3.8) is 0 Å².